The first-order valence-corrected chi connectivity index (χ1v) is 7.02. The van der Waals surface area contributed by atoms with Crippen LogP contribution in [-0.2, 0) is 13.0 Å². The SMILES string of the molecule is CC(NC(=O)c1n[nH]c2c1CNCC2)c1cccc(O)c1. The van der Waals surface area contributed by atoms with Crippen LogP contribution in [0, 0.1) is 0 Å². The molecule has 21 heavy (non-hydrogen) atoms. The van der Waals surface area contributed by atoms with Gasteiger partial charge in [0.1, 0.15) is 5.75 Å². The monoisotopic (exact) mass is 286 g/mol. The Morgan fingerprint density at radius 1 is 1.48 bits per heavy atom. The highest BCUT2D eigenvalue weighted by Gasteiger charge is 2.22. The summed E-state index contributed by atoms with van der Waals surface area (Å²) in [5.74, 6) is -0.0120. The number of phenols is 1. The molecule has 0 saturated carbocycles. The molecule has 0 aliphatic carbocycles. The van der Waals surface area contributed by atoms with E-state index in [-0.39, 0.29) is 17.7 Å². The maximum Gasteiger partial charge on any atom is 0.272 e. The second-order valence-electron chi connectivity index (χ2n) is 5.25. The highest BCUT2D eigenvalue weighted by molar-refractivity contribution is 5.94. The van der Waals surface area contributed by atoms with Gasteiger partial charge in [-0.2, -0.15) is 5.10 Å². The smallest absolute Gasteiger partial charge is 0.272 e. The summed E-state index contributed by atoms with van der Waals surface area (Å²) in [4.78, 5) is 12.4. The highest BCUT2D eigenvalue weighted by atomic mass is 16.3. The van der Waals surface area contributed by atoms with E-state index in [0.29, 0.717) is 12.2 Å². The van der Waals surface area contributed by atoms with Crippen LogP contribution >= 0.6 is 0 Å². The third-order valence-corrected chi connectivity index (χ3v) is 3.74. The van der Waals surface area contributed by atoms with Crippen LogP contribution in [0.1, 0.15) is 40.3 Å². The zero-order valence-corrected chi connectivity index (χ0v) is 11.8. The molecule has 1 unspecified atom stereocenters. The Kier molecular flexibility index (Phi) is 3.62. The molecular formula is C15H18N4O2. The molecule has 0 spiro atoms. The molecule has 1 aromatic carbocycles. The number of rotatable bonds is 3. The summed E-state index contributed by atoms with van der Waals surface area (Å²) in [6.07, 6.45) is 0.859. The van der Waals surface area contributed by atoms with Crippen LogP contribution in [0.3, 0.4) is 0 Å². The van der Waals surface area contributed by atoms with E-state index in [2.05, 4.69) is 20.8 Å². The number of hydrogen-bond donors (Lipinski definition) is 4. The standard InChI is InChI=1S/C15H18N4O2/c1-9(10-3-2-4-11(20)7-10)17-15(21)14-12-8-16-6-5-13(12)18-19-14/h2-4,7,9,16,20H,5-6,8H2,1H3,(H,17,21)(H,18,19). The Hall–Kier alpha value is -2.34. The number of nitrogens with zero attached hydrogens (tertiary/aromatic N) is 1. The van der Waals surface area contributed by atoms with Gasteiger partial charge in [0.2, 0.25) is 0 Å². The van der Waals surface area contributed by atoms with E-state index in [1.807, 2.05) is 13.0 Å². The number of nitrogens with one attached hydrogen (secondary N) is 3. The van der Waals surface area contributed by atoms with Gasteiger partial charge in [-0.1, -0.05) is 12.1 Å². The fraction of sp³-hybridized carbons (Fsp3) is 0.333. The van der Waals surface area contributed by atoms with Crippen molar-refractivity contribution in [3.05, 3.63) is 46.8 Å². The van der Waals surface area contributed by atoms with E-state index >= 15 is 0 Å². The normalized spacial score (nSPS) is 15.3. The van der Waals surface area contributed by atoms with Gasteiger partial charge in [-0.25, -0.2) is 0 Å². The number of aromatic amines is 1. The second-order valence-corrected chi connectivity index (χ2v) is 5.25. The lowest BCUT2D eigenvalue weighted by atomic mass is 10.1. The van der Waals surface area contributed by atoms with Crippen molar-refractivity contribution in [3.8, 4) is 5.75 Å². The molecule has 3 rings (SSSR count). The van der Waals surface area contributed by atoms with Crippen molar-refractivity contribution in [2.24, 2.45) is 0 Å². The largest absolute Gasteiger partial charge is 0.508 e. The zero-order chi connectivity index (χ0) is 14.8. The fourth-order valence-electron chi connectivity index (χ4n) is 2.56. The molecule has 1 atom stereocenters. The van der Waals surface area contributed by atoms with Gasteiger partial charge in [-0.15, -0.1) is 0 Å². The number of H-pyrrole nitrogens is 1. The van der Waals surface area contributed by atoms with Crippen molar-refractivity contribution < 1.29 is 9.90 Å². The summed E-state index contributed by atoms with van der Waals surface area (Å²) in [6, 6.07) is 6.67. The van der Waals surface area contributed by atoms with Gasteiger partial charge in [0.25, 0.3) is 5.91 Å². The number of carbonyl (C=O) groups excluding carboxylic acids is 1. The molecule has 0 radical (unpaired) electrons. The van der Waals surface area contributed by atoms with Crippen LogP contribution in [-0.4, -0.2) is 27.8 Å². The molecule has 0 fully saturated rings. The van der Waals surface area contributed by atoms with Crippen LogP contribution in [0.15, 0.2) is 24.3 Å². The third kappa shape index (κ3) is 2.75. The van der Waals surface area contributed by atoms with Crippen molar-refractivity contribution in [2.75, 3.05) is 6.54 Å². The van der Waals surface area contributed by atoms with E-state index in [4.69, 9.17) is 0 Å². The minimum Gasteiger partial charge on any atom is -0.508 e. The van der Waals surface area contributed by atoms with Crippen LogP contribution in [0.5, 0.6) is 5.75 Å². The average molecular weight is 286 g/mol. The number of benzene rings is 1. The highest BCUT2D eigenvalue weighted by Crippen LogP contribution is 2.20. The first-order valence-electron chi connectivity index (χ1n) is 7.02. The van der Waals surface area contributed by atoms with E-state index in [9.17, 15) is 9.90 Å². The Morgan fingerprint density at radius 2 is 2.33 bits per heavy atom. The zero-order valence-electron chi connectivity index (χ0n) is 11.8. The van der Waals surface area contributed by atoms with E-state index in [1.165, 1.54) is 0 Å². The quantitative estimate of drug-likeness (QED) is 0.683. The lowest BCUT2D eigenvalue weighted by Gasteiger charge is -2.16. The Morgan fingerprint density at radius 3 is 3.14 bits per heavy atom. The molecule has 1 aromatic heterocycles. The summed E-state index contributed by atoms with van der Waals surface area (Å²) in [5.41, 5.74) is 3.28. The number of aromatic hydroxyl groups is 1. The molecular weight excluding hydrogens is 268 g/mol. The van der Waals surface area contributed by atoms with Gasteiger partial charge in [0.15, 0.2) is 5.69 Å². The number of carbonyl (C=O) groups is 1. The predicted molar refractivity (Wildman–Crippen MR) is 78.0 cm³/mol. The van der Waals surface area contributed by atoms with Crippen LogP contribution < -0.4 is 10.6 Å². The van der Waals surface area contributed by atoms with Gasteiger partial charge >= 0.3 is 0 Å². The molecule has 4 N–H and O–H groups in total. The van der Waals surface area contributed by atoms with Gasteiger partial charge in [0, 0.05) is 30.8 Å². The number of amides is 1. The van der Waals surface area contributed by atoms with Crippen molar-refractivity contribution in [3.63, 3.8) is 0 Å². The first-order chi connectivity index (χ1) is 10.1. The summed E-state index contributed by atoms with van der Waals surface area (Å²) < 4.78 is 0. The Labute approximate surface area is 122 Å². The maximum atomic E-state index is 12.4. The second kappa shape index (κ2) is 5.57. The summed E-state index contributed by atoms with van der Waals surface area (Å²) >= 11 is 0. The van der Waals surface area contributed by atoms with Crippen molar-refractivity contribution in [1.82, 2.24) is 20.8 Å². The van der Waals surface area contributed by atoms with Crippen LogP contribution in [0.4, 0.5) is 0 Å². The van der Waals surface area contributed by atoms with Gasteiger partial charge < -0.3 is 15.7 Å². The summed E-state index contributed by atoms with van der Waals surface area (Å²) in [7, 11) is 0. The Balaban J connectivity index is 1.76. The van der Waals surface area contributed by atoms with Gasteiger partial charge in [-0.3, -0.25) is 9.89 Å². The Bertz CT molecular complexity index is 665. The van der Waals surface area contributed by atoms with E-state index in [0.717, 1.165) is 29.8 Å². The van der Waals surface area contributed by atoms with Crippen LogP contribution in [0.2, 0.25) is 0 Å². The van der Waals surface area contributed by atoms with E-state index < -0.39 is 0 Å². The average Bonchev–Trinajstić information content (AvgIpc) is 2.91. The number of phenolic OH excluding ortho intramolecular Hbond substituents is 1. The topological polar surface area (TPSA) is 90.0 Å². The molecule has 2 aromatic rings. The molecule has 1 aliphatic heterocycles. The fourth-order valence-corrected chi connectivity index (χ4v) is 2.56. The number of aromatic nitrogens is 2. The molecule has 6 heteroatoms. The molecule has 110 valence electrons. The molecule has 1 amide bonds. The minimum absolute atomic E-state index is 0.190. The van der Waals surface area contributed by atoms with Crippen molar-refractivity contribution in [1.29, 1.82) is 0 Å². The lowest BCUT2D eigenvalue weighted by molar-refractivity contribution is 0.0933. The van der Waals surface area contributed by atoms with Gasteiger partial charge in [-0.05, 0) is 24.6 Å². The number of hydrogen-bond acceptors (Lipinski definition) is 4. The predicted octanol–water partition coefficient (Wildman–Crippen LogP) is 1.25. The minimum atomic E-state index is -0.202. The third-order valence-electron chi connectivity index (χ3n) is 3.74. The molecule has 0 bridgehead atoms. The first kappa shape index (κ1) is 13.6. The van der Waals surface area contributed by atoms with Crippen molar-refractivity contribution >= 4 is 5.91 Å². The lowest BCUT2D eigenvalue weighted by Crippen LogP contribution is -2.30. The molecule has 1 aliphatic rings. The van der Waals surface area contributed by atoms with E-state index in [1.54, 1.807) is 18.2 Å². The summed E-state index contributed by atoms with van der Waals surface area (Å²) in [6.45, 7) is 3.44. The van der Waals surface area contributed by atoms with Crippen molar-refractivity contribution in [2.45, 2.75) is 25.9 Å². The van der Waals surface area contributed by atoms with Crippen LogP contribution in [0.25, 0.3) is 0 Å². The number of fused-ring (bicyclic) bond motifs is 1. The maximum absolute atomic E-state index is 12.4. The molecule has 6 nitrogen and oxygen atoms in total. The molecule has 2 heterocycles. The van der Waals surface area contributed by atoms with Gasteiger partial charge in [0.05, 0.1) is 6.04 Å². The summed E-state index contributed by atoms with van der Waals surface area (Å²) in [5, 5.41) is 22.7. The molecule has 0 saturated heterocycles.